The van der Waals surface area contributed by atoms with E-state index in [1.54, 1.807) is 6.08 Å². The molecule has 2 aromatic rings. The summed E-state index contributed by atoms with van der Waals surface area (Å²) < 4.78 is 38.3. The summed E-state index contributed by atoms with van der Waals surface area (Å²) in [6.07, 6.45) is 17.6. The Balaban J connectivity index is 0.000000537. The summed E-state index contributed by atoms with van der Waals surface area (Å²) in [6, 6.07) is 9.37. The maximum atomic E-state index is 11.9. The number of benzene rings is 2. The van der Waals surface area contributed by atoms with Gasteiger partial charge in [-0.3, -0.25) is 9.35 Å². The maximum absolute atomic E-state index is 11.9. The van der Waals surface area contributed by atoms with Crippen LogP contribution in [-0.4, -0.2) is 26.0 Å². The lowest BCUT2D eigenvalue weighted by Gasteiger charge is -2.21. The lowest BCUT2D eigenvalue weighted by Crippen LogP contribution is -2.14. The Morgan fingerprint density at radius 3 is 1.76 bits per heavy atom. The van der Waals surface area contributed by atoms with Gasteiger partial charge in [-0.2, -0.15) is 8.42 Å². The van der Waals surface area contributed by atoms with Crippen molar-refractivity contribution in [3.05, 3.63) is 69.5 Å². The Kier molecular flexibility index (Phi) is 17.3. The van der Waals surface area contributed by atoms with Gasteiger partial charge in [-0.1, -0.05) is 108 Å². The highest BCUT2D eigenvalue weighted by atomic mass is 32.2. The number of rotatable bonds is 17. The molecule has 6 nitrogen and oxygen atoms in total. The van der Waals surface area contributed by atoms with E-state index in [2.05, 4.69) is 13.8 Å². The summed E-state index contributed by atoms with van der Waals surface area (Å²) in [5.74, 6) is -0.405. The zero-order valence-electron chi connectivity index (χ0n) is 26.2. The average molecular weight is 588 g/mol. The van der Waals surface area contributed by atoms with Crippen LogP contribution in [0.2, 0.25) is 0 Å². The lowest BCUT2D eigenvalue weighted by molar-refractivity contribution is -0.117. The molecule has 0 spiro atoms. The van der Waals surface area contributed by atoms with E-state index < -0.39 is 16.0 Å². The third-order valence-electron chi connectivity index (χ3n) is 7.61. The van der Waals surface area contributed by atoms with Crippen molar-refractivity contribution in [3.8, 4) is 0 Å². The van der Waals surface area contributed by atoms with E-state index in [9.17, 15) is 17.8 Å². The van der Waals surface area contributed by atoms with Crippen LogP contribution < -0.4 is 5.73 Å². The van der Waals surface area contributed by atoms with Crippen LogP contribution in [0.5, 0.6) is 0 Å². The van der Waals surface area contributed by atoms with Crippen LogP contribution in [-0.2, 0) is 32.5 Å². The van der Waals surface area contributed by atoms with Crippen LogP contribution >= 0.6 is 0 Å². The molecule has 0 unspecified atom stereocenters. The second-order valence-corrected chi connectivity index (χ2v) is 12.2. The Bertz CT molecular complexity index is 1200. The minimum atomic E-state index is -4.19. The molecule has 3 N–H and O–H groups in total. The van der Waals surface area contributed by atoms with Gasteiger partial charge >= 0.3 is 0 Å². The van der Waals surface area contributed by atoms with E-state index in [0.29, 0.717) is 5.56 Å². The highest BCUT2D eigenvalue weighted by molar-refractivity contribution is 7.86. The molecule has 1 amide bonds. The number of unbranched alkanes of at least 4 members (excludes halogenated alkanes) is 9. The summed E-state index contributed by atoms with van der Waals surface area (Å²) in [6.45, 7) is 10.1. The van der Waals surface area contributed by atoms with Crippen LogP contribution in [0.3, 0.4) is 0 Å². The topological polar surface area (TPSA) is 107 Å². The first-order valence-electron chi connectivity index (χ1n) is 15.2. The number of primary amides is 1. The van der Waals surface area contributed by atoms with Crippen LogP contribution in [0.4, 0.5) is 0 Å². The van der Waals surface area contributed by atoms with E-state index in [-0.39, 0.29) is 10.7 Å². The molecule has 41 heavy (non-hydrogen) atoms. The number of carbonyl (C=O) groups excluding carboxylic acids is 1. The minimum absolute atomic E-state index is 0.125. The molecule has 2 rings (SSSR count). The molecule has 0 heterocycles. The van der Waals surface area contributed by atoms with Crippen molar-refractivity contribution in [2.24, 2.45) is 5.73 Å². The molecule has 0 fully saturated rings. The van der Waals surface area contributed by atoms with Gasteiger partial charge < -0.3 is 10.5 Å². The molecule has 0 atom stereocenters. The molecule has 0 radical (unpaired) electrons. The lowest BCUT2D eigenvalue weighted by atomic mass is 9.88. The van der Waals surface area contributed by atoms with Gasteiger partial charge in [-0.25, -0.2) is 0 Å². The second kappa shape index (κ2) is 19.5. The van der Waals surface area contributed by atoms with Crippen molar-refractivity contribution in [2.45, 2.75) is 123 Å². The molecule has 0 aliphatic rings. The zero-order chi connectivity index (χ0) is 30.8. The third-order valence-corrected chi connectivity index (χ3v) is 8.74. The summed E-state index contributed by atoms with van der Waals surface area (Å²) in [5, 5.41) is 0. The van der Waals surface area contributed by atoms with E-state index >= 15 is 0 Å². The summed E-state index contributed by atoms with van der Waals surface area (Å²) in [7, 11) is -2.77. The van der Waals surface area contributed by atoms with Gasteiger partial charge in [0.2, 0.25) is 0 Å². The summed E-state index contributed by atoms with van der Waals surface area (Å²) >= 11 is 0. The first-order valence-corrected chi connectivity index (χ1v) is 16.6. The predicted octanol–water partition coefficient (Wildman–Crippen LogP) is 8.43. The SMILES string of the molecule is CCCCCCCCCCCCc1c(C)c(C)c(S(=O)(=O)O)c(C)c1CCC.COC(=Cc1ccccc1)C(N)=O. The number of amides is 1. The van der Waals surface area contributed by atoms with E-state index in [1.165, 1.54) is 70.5 Å². The Labute approximate surface area is 249 Å². The van der Waals surface area contributed by atoms with Crippen molar-refractivity contribution in [1.29, 1.82) is 0 Å². The van der Waals surface area contributed by atoms with Gasteiger partial charge in [0.05, 0.1) is 7.11 Å². The van der Waals surface area contributed by atoms with Crippen LogP contribution in [0.15, 0.2) is 41.0 Å². The third kappa shape index (κ3) is 12.8. The second-order valence-electron chi connectivity index (χ2n) is 10.8. The molecular weight excluding hydrogens is 534 g/mol. The van der Waals surface area contributed by atoms with Crippen molar-refractivity contribution >= 4 is 22.1 Å². The predicted molar refractivity (Wildman–Crippen MR) is 171 cm³/mol. The number of carbonyl (C=O) groups is 1. The molecular formula is C34H53NO5S. The van der Waals surface area contributed by atoms with E-state index in [1.807, 2.05) is 51.1 Å². The molecule has 0 aromatic heterocycles. The minimum Gasteiger partial charge on any atom is -0.491 e. The van der Waals surface area contributed by atoms with Crippen LogP contribution in [0, 0.1) is 20.8 Å². The van der Waals surface area contributed by atoms with Gasteiger partial charge in [0.1, 0.15) is 4.90 Å². The molecule has 7 heteroatoms. The highest BCUT2D eigenvalue weighted by Gasteiger charge is 2.23. The van der Waals surface area contributed by atoms with Crippen LogP contribution in [0.25, 0.3) is 6.08 Å². The quantitative estimate of drug-likeness (QED) is 0.0836. The smallest absolute Gasteiger partial charge is 0.295 e. The zero-order valence-corrected chi connectivity index (χ0v) is 27.0. The van der Waals surface area contributed by atoms with Crippen molar-refractivity contribution < 1.29 is 22.5 Å². The number of ether oxygens (including phenoxy) is 1. The van der Waals surface area contributed by atoms with Gasteiger partial charge in [-0.15, -0.1) is 0 Å². The molecule has 0 saturated carbocycles. The van der Waals surface area contributed by atoms with Gasteiger partial charge in [0.25, 0.3) is 16.0 Å². The maximum Gasteiger partial charge on any atom is 0.295 e. The van der Waals surface area contributed by atoms with Crippen LogP contribution in [0.1, 0.15) is 118 Å². The Hall–Kier alpha value is -2.64. The molecule has 0 aliphatic carbocycles. The average Bonchev–Trinajstić information content (AvgIpc) is 2.92. The number of methoxy groups -OCH3 is 1. The molecule has 230 valence electrons. The first-order chi connectivity index (χ1) is 19.5. The fourth-order valence-corrected chi connectivity index (χ4v) is 6.35. The van der Waals surface area contributed by atoms with Gasteiger partial charge in [-0.05, 0) is 79.5 Å². The largest absolute Gasteiger partial charge is 0.491 e. The van der Waals surface area contributed by atoms with Crippen molar-refractivity contribution in [3.63, 3.8) is 0 Å². The van der Waals surface area contributed by atoms with Crippen molar-refractivity contribution in [2.75, 3.05) is 7.11 Å². The number of hydrogen-bond donors (Lipinski definition) is 2. The summed E-state index contributed by atoms with van der Waals surface area (Å²) in [4.78, 5) is 10.9. The fraction of sp³-hybridized carbons (Fsp3) is 0.559. The number of hydrogen-bond acceptors (Lipinski definition) is 4. The molecule has 0 aliphatic heterocycles. The van der Waals surface area contributed by atoms with E-state index in [4.69, 9.17) is 10.5 Å². The summed E-state index contributed by atoms with van der Waals surface area (Å²) in [5.41, 5.74) is 10.9. The number of nitrogens with two attached hydrogens (primary N) is 1. The molecule has 0 saturated heterocycles. The van der Waals surface area contributed by atoms with Crippen molar-refractivity contribution in [1.82, 2.24) is 0 Å². The molecule has 2 aromatic carbocycles. The van der Waals surface area contributed by atoms with E-state index in [0.717, 1.165) is 47.9 Å². The monoisotopic (exact) mass is 587 g/mol. The van der Waals surface area contributed by atoms with Gasteiger partial charge in [0, 0.05) is 0 Å². The standard InChI is InChI=1S/C24H42O3S.C10H11NO2/c1-6-8-9-10-11-12-13-14-15-16-18-23-19(3)20(4)24(28(25,26)27)21(5)22(23)17-7-2;1-13-9(10(11)12)7-8-5-3-2-4-6-8/h6-18H2,1-5H3,(H,25,26,27);2-7H,1H3,(H2,11,12). The Morgan fingerprint density at radius 1 is 0.780 bits per heavy atom. The molecule has 0 bridgehead atoms. The first kappa shape index (κ1) is 36.4. The Morgan fingerprint density at radius 2 is 1.29 bits per heavy atom. The highest BCUT2D eigenvalue weighted by Crippen LogP contribution is 2.32. The fourth-order valence-electron chi connectivity index (χ4n) is 5.30. The van der Waals surface area contributed by atoms with Gasteiger partial charge in [0.15, 0.2) is 5.76 Å². The normalized spacial score (nSPS) is 11.6.